The SMILES string of the molecule is CC(=O)N1CC(CC(=O)Nc2cc(-c3cnn4c3CC(C)(C)C4)c(Cl)cn2)CC(C(=O)N(C)C)C1. The summed E-state index contributed by atoms with van der Waals surface area (Å²) in [6, 6.07) is 1.78. The average Bonchev–Trinajstić information content (AvgIpc) is 3.29. The molecule has 2 aliphatic rings. The van der Waals surface area contributed by atoms with E-state index in [1.807, 2.05) is 10.9 Å². The molecule has 0 aliphatic carbocycles. The number of hydrogen-bond acceptors (Lipinski definition) is 5. The molecule has 2 aliphatic heterocycles. The summed E-state index contributed by atoms with van der Waals surface area (Å²) in [6.07, 6.45) is 5.01. The normalized spacial score (nSPS) is 20.9. The zero-order valence-electron chi connectivity index (χ0n) is 21.0. The lowest BCUT2D eigenvalue weighted by Crippen LogP contribution is -2.48. The van der Waals surface area contributed by atoms with Crippen molar-refractivity contribution in [2.75, 3.05) is 32.5 Å². The largest absolute Gasteiger partial charge is 0.349 e. The van der Waals surface area contributed by atoms with Gasteiger partial charge in [0.05, 0.1) is 17.1 Å². The van der Waals surface area contributed by atoms with E-state index in [4.69, 9.17) is 11.6 Å². The van der Waals surface area contributed by atoms with Gasteiger partial charge in [0.25, 0.3) is 0 Å². The van der Waals surface area contributed by atoms with Crippen LogP contribution in [0.1, 0.15) is 39.3 Å². The molecule has 9 nitrogen and oxygen atoms in total. The lowest BCUT2D eigenvalue weighted by molar-refractivity contribution is -0.140. The van der Waals surface area contributed by atoms with E-state index in [9.17, 15) is 14.4 Å². The predicted molar refractivity (Wildman–Crippen MR) is 134 cm³/mol. The summed E-state index contributed by atoms with van der Waals surface area (Å²) in [7, 11) is 3.41. The number of amides is 3. The minimum atomic E-state index is -0.311. The third kappa shape index (κ3) is 5.50. The van der Waals surface area contributed by atoms with E-state index in [1.165, 1.54) is 6.92 Å². The summed E-state index contributed by atoms with van der Waals surface area (Å²) in [4.78, 5) is 45.0. The summed E-state index contributed by atoms with van der Waals surface area (Å²) in [5.41, 5.74) is 3.00. The van der Waals surface area contributed by atoms with Crippen LogP contribution >= 0.6 is 11.6 Å². The summed E-state index contributed by atoms with van der Waals surface area (Å²) in [5, 5.41) is 7.90. The standard InChI is InChI=1S/C25H33ClN6O3/c1-15(33)31-12-16(6-17(13-31)24(35)30(4)5)7-23(34)29-22-8-18(20(26)11-27-22)19-10-28-32-14-25(2,3)9-21(19)32/h8,10-11,16-17H,6-7,9,12-14H2,1-5H3,(H,27,29,34). The maximum atomic E-state index is 12.9. The van der Waals surface area contributed by atoms with Crippen LogP contribution in [0.15, 0.2) is 18.5 Å². The maximum absolute atomic E-state index is 12.9. The van der Waals surface area contributed by atoms with Gasteiger partial charge in [0.15, 0.2) is 0 Å². The molecular weight excluding hydrogens is 468 g/mol. The van der Waals surface area contributed by atoms with Gasteiger partial charge in [-0.15, -0.1) is 0 Å². The van der Waals surface area contributed by atoms with Gasteiger partial charge in [-0.2, -0.15) is 5.10 Å². The van der Waals surface area contributed by atoms with Crippen molar-refractivity contribution in [3.63, 3.8) is 0 Å². The first-order valence-electron chi connectivity index (χ1n) is 11.9. The molecule has 1 saturated heterocycles. The number of pyridine rings is 1. The number of rotatable bonds is 5. The summed E-state index contributed by atoms with van der Waals surface area (Å²) < 4.78 is 2.01. The zero-order chi connectivity index (χ0) is 25.5. The molecule has 2 atom stereocenters. The van der Waals surface area contributed by atoms with Crippen LogP contribution in [-0.4, -0.2) is 69.5 Å². The van der Waals surface area contributed by atoms with Crippen LogP contribution in [0.25, 0.3) is 11.1 Å². The van der Waals surface area contributed by atoms with Crippen molar-refractivity contribution in [2.24, 2.45) is 17.3 Å². The fraction of sp³-hybridized carbons (Fsp3) is 0.560. The molecule has 0 spiro atoms. The number of hydrogen-bond donors (Lipinski definition) is 1. The van der Waals surface area contributed by atoms with E-state index in [0.29, 0.717) is 30.4 Å². The number of carbonyl (C=O) groups excluding carboxylic acids is 3. The van der Waals surface area contributed by atoms with Crippen LogP contribution in [0.2, 0.25) is 5.02 Å². The molecule has 0 bridgehead atoms. The van der Waals surface area contributed by atoms with Gasteiger partial charge in [-0.3, -0.25) is 19.1 Å². The first-order chi connectivity index (χ1) is 16.4. The van der Waals surface area contributed by atoms with Gasteiger partial charge in [0.2, 0.25) is 17.7 Å². The minimum absolute atomic E-state index is 0.0257. The van der Waals surface area contributed by atoms with Crippen molar-refractivity contribution in [2.45, 2.75) is 46.6 Å². The van der Waals surface area contributed by atoms with Gasteiger partial charge in [0, 0.05) is 70.1 Å². The Bertz CT molecular complexity index is 1160. The second kappa shape index (κ2) is 9.60. The predicted octanol–water partition coefficient (Wildman–Crippen LogP) is 3.08. The Hall–Kier alpha value is -2.94. The Balaban J connectivity index is 1.47. The molecule has 1 fully saturated rings. The van der Waals surface area contributed by atoms with Gasteiger partial charge in [-0.05, 0) is 30.2 Å². The second-order valence-corrected chi connectivity index (χ2v) is 11.2. The number of aromatic nitrogens is 3. The Morgan fingerprint density at radius 1 is 1.20 bits per heavy atom. The molecule has 35 heavy (non-hydrogen) atoms. The summed E-state index contributed by atoms with van der Waals surface area (Å²) in [6.45, 7) is 7.61. The Kier molecular flexibility index (Phi) is 6.90. The average molecular weight is 501 g/mol. The highest BCUT2D eigenvalue weighted by Gasteiger charge is 2.35. The number of nitrogens with zero attached hydrogens (tertiary/aromatic N) is 5. The van der Waals surface area contributed by atoms with Gasteiger partial charge in [-0.1, -0.05) is 25.4 Å². The molecule has 0 aromatic carbocycles. The summed E-state index contributed by atoms with van der Waals surface area (Å²) >= 11 is 6.48. The Labute approximate surface area is 210 Å². The number of fused-ring (bicyclic) bond motifs is 1. The van der Waals surface area contributed by atoms with E-state index in [-0.39, 0.29) is 41.4 Å². The van der Waals surface area contributed by atoms with Gasteiger partial charge >= 0.3 is 0 Å². The molecule has 2 unspecified atom stereocenters. The number of halogens is 1. The summed E-state index contributed by atoms with van der Waals surface area (Å²) in [5.74, 6) is -0.343. The maximum Gasteiger partial charge on any atom is 0.226 e. The number of piperidine rings is 1. The molecule has 1 N–H and O–H groups in total. The van der Waals surface area contributed by atoms with Crippen LogP contribution in [0, 0.1) is 17.3 Å². The quantitative estimate of drug-likeness (QED) is 0.680. The van der Waals surface area contributed by atoms with E-state index < -0.39 is 0 Å². The van der Waals surface area contributed by atoms with Gasteiger partial charge < -0.3 is 15.1 Å². The molecule has 2 aromatic heterocycles. The van der Waals surface area contributed by atoms with Gasteiger partial charge in [0.1, 0.15) is 5.82 Å². The highest BCUT2D eigenvalue weighted by molar-refractivity contribution is 6.33. The highest BCUT2D eigenvalue weighted by atomic mass is 35.5. The van der Waals surface area contributed by atoms with Gasteiger partial charge in [-0.25, -0.2) is 4.98 Å². The monoisotopic (exact) mass is 500 g/mol. The van der Waals surface area contributed by atoms with Crippen molar-refractivity contribution >= 4 is 35.1 Å². The lowest BCUT2D eigenvalue weighted by Gasteiger charge is -2.37. The number of nitrogens with one attached hydrogen (secondary N) is 1. The molecule has 10 heteroatoms. The van der Waals surface area contributed by atoms with E-state index in [2.05, 4.69) is 29.2 Å². The van der Waals surface area contributed by atoms with Crippen molar-refractivity contribution in [3.8, 4) is 11.1 Å². The van der Waals surface area contributed by atoms with Crippen molar-refractivity contribution in [1.29, 1.82) is 0 Å². The van der Waals surface area contributed by atoms with Crippen LogP contribution in [0.4, 0.5) is 5.82 Å². The minimum Gasteiger partial charge on any atom is -0.349 e. The van der Waals surface area contributed by atoms with E-state index in [0.717, 1.165) is 29.8 Å². The molecule has 2 aromatic rings. The highest BCUT2D eigenvalue weighted by Crippen LogP contribution is 2.39. The molecule has 188 valence electrons. The third-order valence-electron chi connectivity index (χ3n) is 6.83. The van der Waals surface area contributed by atoms with Crippen molar-refractivity contribution in [3.05, 3.63) is 29.2 Å². The Morgan fingerprint density at radius 2 is 1.94 bits per heavy atom. The van der Waals surface area contributed by atoms with Crippen LogP contribution < -0.4 is 5.32 Å². The van der Waals surface area contributed by atoms with Crippen LogP contribution in [-0.2, 0) is 27.3 Å². The van der Waals surface area contributed by atoms with Crippen molar-refractivity contribution in [1.82, 2.24) is 24.6 Å². The molecule has 4 rings (SSSR count). The Morgan fingerprint density at radius 3 is 2.63 bits per heavy atom. The number of carbonyl (C=O) groups is 3. The van der Waals surface area contributed by atoms with E-state index >= 15 is 0 Å². The topological polar surface area (TPSA) is 100 Å². The molecule has 0 saturated carbocycles. The first kappa shape index (κ1) is 25.2. The molecular formula is C25H33ClN6O3. The van der Waals surface area contributed by atoms with Crippen LogP contribution in [0.5, 0.6) is 0 Å². The fourth-order valence-corrected chi connectivity index (χ4v) is 5.40. The number of anilines is 1. The molecule has 3 amide bonds. The number of likely N-dealkylation sites (tertiary alicyclic amines) is 1. The zero-order valence-corrected chi connectivity index (χ0v) is 21.7. The smallest absolute Gasteiger partial charge is 0.226 e. The van der Waals surface area contributed by atoms with Crippen molar-refractivity contribution < 1.29 is 14.4 Å². The lowest BCUT2D eigenvalue weighted by atomic mass is 9.86. The molecule has 0 radical (unpaired) electrons. The molecule has 4 heterocycles. The first-order valence-corrected chi connectivity index (χ1v) is 12.3. The van der Waals surface area contributed by atoms with Crippen LogP contribution in [0.3, 0.4) is 0 Å². The fourth-order valence-electron chi connectivity index (χ4n) is 5.20. The van der Waals surface area contributed by atoms with E-state index in [1.54, 1.807) is 36.2 Å². The third-order valence-corrected chi connectivity index (χ3v) is 7.13. The second-order valence-electron chi connectivity index (χ2n) is 10.8.